The summed E-state index contributed by atoms with van der Waals surface area (Å²) in [5, 5.41) is 0. The Hall–Kier alpha value is -2.81. The molecule has 3 heteroatoms. The van der Waals surface area contributed by atoms with Crippen LogP contribution < -0.4 is 4.74 Å². The molecule has 0 atom stereocenters. The van der Waals surface area contributed by atoms with Crippen molar-refractivity contribution in [1.29, 1.82) is 0 Å². The number of fused-ring (bicyclic) bond motifs is 1. The SMILES string of the molecule is C=C(C)C(=O)OCCCCCCOc1ccc2c(c1)C=C(c1ccccc1)CCC2. The number of esters is 1. The maximum atomic E-state index is 11.3. The summed E-state index contributed by atoms with van der Waals surface area (Å²) in [5.41, 5.74) is 5.85. The first-order chi connectivity index (χ1) is 14.6. The third kappa shape index (κ3) is 6.62. The lowest BCUT2D eigenvalue weighted by Crippen LogP contribution is -2.06. The summed E-state index contributed by atoms with van der Waals surface area (Å²) >= 11 is 0. The topological polar surface area (TPSA) is 35.5 Å². The van der Waals surface area contributed by atoms with Crippen molar-refractivity contribution < 1.29 is 14.3 Å². The van der Waals surface area contributed by atoms with Crippen LogP contribution in [0.3, 0.4) is 0 Å². The average molecular weight is 405 g/mol. The first kappa shape index (κ1) is 21.9. The van der Waals surface area contributed by atoms with Crippen LogP contribution in [0.1, 0.15) is 62.1 Å². The molecule has 2 aromatic carbocycles. The Morgan fingerprint density at radius 1 is 0.967 bits per heavy atom. The molecule has 0 fully saturated rings. The summed E-state index contributed by atoms with van der Waals surface area (Å²) in [6.45, 7) is 6.42. The second kappa shape index (κ2) is 11.4. The molecule has 0 bridgehead atoms. The third-order valence-corrected chi connectivity index (χ3v) is 5.37. The van der Waals surface area contributed by atoms with Gasteiger partial charge in [-0.15, -0.1) is 0 Å². The van der Waals surface area contributed by atoms with E-state index in [0.717, 1.165) is 44.3 Å². The van der Waals surface area contributed by atoms with Crippen LogP contribution in [0.15, 0.2) is 60.7 Å². The van der Waals surface area contributed by atoms with E-state index in [1.807, 2.05) is 0 Å². The number of unbranched alkanes of at least 4 members (excludes halogenated alkanes) is 3. The first-order valence-corrected chi connectivity index (χ1v) is 11.0. The van der Waals surface area contributed by atoms with Crippen LogP contribution >= 0.6 is 0 Å². The highest BCUT2D eigenvalue weighted by molar-refractivity contribution is 5.86. The molecule has 30 heavy (non-hydrogen) atoms. The lowest BCUT2D eigenvalue weighted by Gasteiger charge is -2.10. The van der Waals surface area contributed by atoms with Crippen LogP contribution in [0.4, 0.5) is 0 Å². The minimum Gasteiger partial charge on any atom is -0.494 e. The number of rotatable bonds is 10. The van der Waals surface area contributed by atoms with Crippen molar-refractivity contribution in [2.45, 2.75) is 51.9 Å². The van der Waals surface area contributed by atoms with Gasteiger partial charge < -0.3 is 9.47 Å². The average Bonchev–Trinajstić information content (AvgIpc) is 2.98. The number of allylic oxidation sites excluding steroid dienone is 1. The van der Waals surface area contributed by atoms with Gasteiger partial charge in [0.15, 0.2) is 0 Å². The van der Waals surface area contributed by atoms with Crippen LogP contribution in [0.25, 0.3) is 11.6 Å². The van der Waals surface area contributed by atoms with E-state index in [2.05, 4.69) is 61.2 Å². The van der Waals surface area contributed by atoms with Crippen molar-refractivity contribution in [2.75, 3.05) is 13.2 Å². The Balaban J connectivity index is 1.45. The number of aryl methyl sites for hydroxylation is 1. The zero-order chi connectivity index (χ0) is 21.2. The van der Waals surface area contributed by atoms with Crippen molar-refractivity contribution in [3.63, 3.8) is 0 Å². The fourth-order valence-corrected chi connectivity index (χ4v) is 3.67. The fraction of sp³-hybridized carbons (Fsp3) is 0.370. The number of carbonyl (C=O) groups is 1. The molecule has 0 aromatic heterocycles. The van der Waals surface area contributed by atoms with Crippen molar-refractivity contribution in [1.82, 2.24) is 0 Å². The molecule has 158 valence electrons. The van der Waals surface area contributed by atoms with Crippen LogP contribution in [0, 0.1) is 0 Å². The maximum absolute atomic E-state index is 11.3. The number of hydrogen-bond donors (Lipinski definition) is 0. The van der Waals surface area contributed by atoms with Crippen molar-refractivity contribution in [2.24, 2.45) is 0 Å². The molecule has 0 N–H and O–H groups in total. The molecule has 3 rings (SSSR count). The molecule has 0 aliphatic heterocycles. The van der Waals surface area contributed by atoms with E-state index in [0.29, 0.717) is 18.8 Å². The number of ether oxygens (including phenoxy) is 2. The van der Waals surface area contributed by atoms with Gasteiger partial charge >= 0.3 is 5.97 Å². The van der Waals surface area contributed by atoms with Gasteiger partial charge in [-0.05, 0) is 86.3 Å². The fourth-order valence-electron chi connectivity index (χ4n) is 3.67. The zero-order valence-electron chi connectivity index (χ0n) is 18.0. The normalized spacial score (nSPS) is 13.0. The molecular formula is C27H32O3. The number of hydrogen-bond acceptors (Lipinski definition) is 3. The lowest BCUT2D eigenvalue weighted by atomic mass is 10.0. The summed E-state index contributed by atoms with van der Waals surface area (Å²) in [7, 11) is 0. The van der Waals surface area contributed by atoms with Gasteiger partial charge in [0, 0.05) is 5.57 Å². The summed E-state index contributed by atoms with van der Waals surface area (Å²) in [4.78, 5) is 11.3. The van der Waals surface area contributed by atoms with Crippen molar-refractivity contribution in [3.8, 4) is 5.75 Å². The predicted octanol–water partition coefficient (Wildman–Crippen LogP) is 6.62. The quantitative estimate of drug-likeness (QED) is 0.253. The van der Waals surface area contributed by atoms with E-state index in [4.69, 9.17) is 9.47 Å². The van der Waals surface area contributed by atoms with E-state index in [1.54, 1.807) is 6.92 Å². The van der Waals surface area contributed by atoms with Gasteiger partial charge in [-0.25, -0.2) is 4.79 Å². The van der Waals surface area contributed by atoms with E-state index in [-0.39, 0.29) is 5.97 Å². The first-order valence-electron chi connectivity index (χ1n) is 11.0. The van der Waals surface area contributed by atoms with Gasteiger partial charge in [-0.1, -0.05) is 49.1 Å². The Bertz CT molecular complexity index is 880. The minimum absolute atomic E-state index is 0.300. The predicted molar refractivity (Wildman–Crippen MR) is 123 cm³/mol. The van der Waals surface area contributed by atoms with Gasteiger partial charge in [-0.3, -0.25) is 0 Å². The number of carbonyl (C=O) groups excluding carboxylic acids is 1. The third-order valence-electron chi connectivity index (χ3n) is 5.37. The van der Waals surface area contributed by atoms with Crippen molar-refractivity contribution >= 4 is 17.6 Å². The van der Waals surface area contributed by atoms with Gasteiger partial charge in [0.1, 0.15) is 5.75 Å². The summed E-state index contributed by atoms with van der Waals surface area (Å²) in [5.74, 6) is 0.640. The van der Waals surface area contributed by atoms with E-state index in [1.165, 1.54) is 28.7 Å². The van der Waals surface area contributed by atoms with Crippen molar-refractivity contribution in [3.05, 3.63) is 77.4 Å². The van der Waals surface area contributed by atoms with Crippen LogP contribution in [-0.4, -0.2) is 19.2 Å². The van der Waals surface area contributed by atoms with Crippen LogP contribution in [0.5, 0.6) is 5.75 Å². The Morgan fingerprint density at radius 3 is 2.50 bits per heavy atom. The molecule has 3 nitrogen and oxygen atoms in total. The second-order valence-corrected chi connectivity index (χ2v) is 7.93. The van der Waals surface area contributed by atoms with E-state index in [9.17, 15) is 4.79 Å². The Kier molecular flexibility index (Phi) is 8.31. The van der Waals surface area contributed by atoms with E-state index < -0.39 is 0 Å². The molecule has 0 saturated heterocycles. The van der Waals surface area contributed by atoms with Gasteiger partial charge in [0.25, 0.3) is 0 Å². The highest BCUT2D eigenvalue weighted by Crippen LogP contribution is 2.31. The smallest absolute Gasteiger partial charge is 0.333 e. The van der Waals surface area contributed by atoms with E-state index >= 15 is 0 Å². The molecule has 1 aliphatic carbocycles. The maximum Gasteiger partial charge on any atom is 0.333 e. The lowest BCUT2D eigenvalue weighted by molar-refractivity contribution is -0.139. The summed E-state index contributed by atoms with van der Waals surface area (Å²) in [6.07, 6.45) is 9.69. The van der Waals surface area contributed by atoms with Crippen LogP contribution in [0.2, 0.25) is 0 Å². The largest absolute Gasteiger partial charge is 0.494 e. The highest BCUT2D eigenvalue weighted by Gasteiger charge is 2.11. The standard InChI is InChI=1S/C27H32O3/c1-21(2)27(28)30-18-9-4-3-8-17-29-26-16-15-23-13-10-14-24(19-25(23)20-26)22-11-6-5-7-12-22/h5-7,11-12,15-16,19-20H,1,3-4,8-10,13-14,17-18H2,2H3. The molecule has 0 amide bonds. The second-order valence-electron chi connectivity index (χ2n) is 7.93. The molecule has 0 radical (unpaired) electrons. The molecule has 0 spiro atoms. The zero-order valence-corrected chi connectivity index (χ0v) is 18.0. The molecule has 2 aromatic rings. The summed E-state index contributed by atoms with van der Waals surface area (Å²) in [6, 6.07) is 17.1. The molecule has 1 aliphatic rings. The minimum atomic E-state index is -0.300. The van der Waals surface area contributed by atoms with Gasteiger partial charge in [0.05, 0.1) is 13.2 Å². The molecule has 0 saturated carbocycles. The summed E-state index contributed by atoms with van der Waals surface area (Å²) < 4.78 is 11.1. The highest BCUT2D eigenvalue weighted by atomic mass is 16.5. The molecule has 0 unspecified atom stereocenters. The monoisotopic (exact) mass is 404 g/mol. The number of benzene rings is 2. The van der Waals surface area contributed by atoms with Gasteiger partial charge in [0.2, 0.25) is 0 Å². The molecular weight excluding hydrogens is 372 g/mol. The van der Waals surface area contributed by atoms with Gasteiger partial charge in [-0.2, -0.15) is 0 Å². The Morgan fingerprint density at radius 2 is 1.73 bits per heavy atom. The molecule has 0 heterocycles. The Labute approximate surface area is 180 Å². The van der Waals surface area contributed by atoms with Crippen LogP contribution in [-0.2, 0) is 16.0 Å².